The molecule has 142 valence electrons. The van der Waals surface area contributed by atoms with Crippen LogP contribution in [0.5, 0.6) is 5.75 Å². The lowest BCUT2D eigenvalue weighted by Gasteiger charge is -2.10. The molecule has 0 aromatic heterocycles. The van der Waals surface area contributed by atoms with Gasteiger partial charge in [0.05, 0.1) is 11.3 Å². The van der Waals surface area contributed by atoms with E-state index in [2.05, 4.69) is 10.3 Å². The number of nitrogens with one attached hydrogen (secondary N) is 1. The highest BCUT2D eigenvalue weighted by Gasteiger charge is 2.10. The Morgan fingerprint density at radius 1 is 1.00 bits per heavy atom. The molecule has 0 unspecified atom stereocenters. The summed E-state index contributed by atoms with van der Waals surface area (Å²) >= 11 is 0. The Labute approximate surface area is 157 Å². The van der Waals surface area contributed by atoms with Crippen LogP contribution in [-0.4, -0.2) is 49.9 Å². The van der Waals surface area contributed by atoms with E-state index < -0.39 is 5.97 Å². The summed E-state index contributed by atoms with van der Waals surface area (Å²) in [7, 11) is 3.87. The van der Waals surface area contributed by atoms with Crippen molar-refractivity contribution >= 4 is 23.5 Å². The first-order chi connectivity index (χ1) is 12.8. The van der Waals surface area contributed by atoms with Crippen LogP contribution in [0.3, 0.4) is 0 Å². The van der Waals surface area contributed by atoms with Gasteiger partial charge in [-0.05, 0) is 62.6 Å². The first-order valence-corrected chi connectivity index (χ1v) is 8.30. The smallest absolute Gasteiger partial charge is 0.343 e. The molecule has 2 aromatic carbocycles. The Bertz CT molecular complexity index is 810. The molecule has 0 aliphatic carbocycles. The zero-order chi connectivity index (χ0) is 19.8. The summed E-state index contributed by atoms with van der Waals surface area (Å²) in [6.07, 6.45) is 0. The van der Waals surface area contributed by atoms with Crippen LogP contribution in [0.4, 0.5) is 5.69 Å². The Kier molecular flexibility index (Phi) is 6.90. The molecular weight excluding hydrogens is 346 g/mol. The number of hydrogen-bond acceptors (Lipinski definition) is 5. The van der Waals surface area contributed by atoms with Gasteiger partial charge in [0.15, 0.2) is 5.96 Å². The second-order valence-corrected chi connectivity index (χ2v) is 6.06. The standard InChI is InChI=1S/C19H23N5O3/c1-24(2)12-11-22-17(25)13-5-9-16(10-6-13)27-18(26)14-3-7-15(8-4-14)23-19(20)21/h3-10H,11-12H2,1-2H3,(H,22,25)(H4,20,21,23). The van der Waals surface area contributed by atoms with Gasteiger partial charge in [-0.1, -0.05) is 0 Å². The topological polar surface area (TPSA) is 123 Å². The minimum atomic E-state index is -0.519. The number of nitrogens with two attached hydrogens (primary N) is 2. The number of hydrogen-bond donors (Lipinski definition) is 3. The van der Waals surface area contributed by atoms with Gasteiger partial charge in [-0.2, -0.15) is 0 Å². The quantitative estimate of drug-likeness (QED) is 0.291. The lowest BCUT2D eigenvalue weighted by molar-refractivity contribution is 0.0734. The van der Waals surface area contributed by atoms with Crippen LogP contribution >= 0.6 is 0 Å². The van der Waals surface area contributed by atoms with Gasteiger partial charge in [-0.25, -0.2) is 9.79 Å². The number of carbonyl (C=O) groups excluding carboxylic acids is 2. The zero-order valence-electron chi connectivity index (χ0n) is 15.3. The van der Waals surface area contributed by atoms with Crippen LogP contribution in [0.15, 0.2) is 53.5 Å². The normalized spacial score (nSPS) is 10.3. The number of guanidine groups is 1. The summed E-state index contributed by atoms with van der Waals surface area (Å²) in [5.74, 6) is -0.409. The van der Waals surface area contributed by atoms with Gasteiger partial charge in [0.25, 0.3) is 5.91 Å². The largest absolute Gasteiger partial charge is 0.423 e. The summed E-state index contributed by atoms with van der Waals surface area (Å²) in [5.41, 5.74) is 12.0. The van der Waals surface area contributed by atoms with Gasteiger partial charge in [0.1, 0.15) is 5.75 Å². The molecule has 0 spiro atoms. The van der Waals surface area contributed by atoms with E-state index in [1.807, 2.05) is 19.0 Å². The number of ether oxygens (including phenoxy) is 1. The molecule has 0 atom stereocenters. The molecule has 2 aromatic rings. The van der Waals surface area contributed by atoms with Crippen molar-refractivity contribution in [2.75, 3.05) is 27.2 Å². The van der Waals surface area contributed by atoms with Crippen molar-refractivity contribution in [2.45, 2.75) is 0 Å². The predicted octanol–water partition coefficient (Wildman–Crippen LogP) is 1.10. The molecule has 0 aliphatic rings. The molecule has 8 heteroatoms. The van der Waals surface area contributed by atoms with E-state index in [1.165, 1.54) is 0 Å². The van der Waals surface area contributed by atoms with Crippen LogP contribution in [0.2, 0.25) is 0 Å². The monoisotopic (exact) mass is 369 g/mol. The summed E-state index contributed by atoms with van der Waals surface area (Å²) in [5, 5.41) is 2.82. The number of benzene rings is 2. The van der Waals surface area contributed by atoms with Gasteiger partial charge in [-0.3, -0.25) is 4.79 Å². The summed E-state index contributed by atoms with van der Waals surface area (Å²) in [4.78, 5) is 30.1. The predicted molar refractivity (Wildman–Crippen MR) is 104 cm³/mol. The Balaban J connectivity index is 1.94. The SMILES string of the molecule is CN(C)CCNC(=O)c1ccc(OC(=O)c2ccc(N=C(N)N)cc2)cc1. The van der Waals surface area contributed by atoms with Crippen LogP contribution in [0.1, 0.15) is 20.7 Å². The highest BCUT2D eigenvalue weighted by molar-refractivity contribution is 5.95. The number of rotatable bonds is 7. The first kappa shape index (κ1) is 19.9. The van der Waals surface area contributed by atoms with E-state index in [4.69, 9.17) is 16.2 Å². The van der Waals surface area contributed by atoms with Crippen LogP contribution < -0.4 is 21.5 Å². The molecule has 27 heavy (non-hydrogen) atoms. The van der Waals surface area contributed by atoms with E-state index in [1.54, 1.807) is 48.5 Å². The molecule has 0 saturated heterocycles. The van der Waals surface area contributed by atoms with E-state index in [0.717, 1.165) is 6.54 Å². The van der Waals surface area contributed by atoms with Gasteiger partial charge in [0, 0.05) is 18.7 Å². The Morgan fingerprint density at radius 2 is 1.59 bits per heavy atom. The third-order valence-corrected chi connectivity index (χ3v) is 3.53. The third kappa shape index (κ3) is 6.44. The fraction of sp³-hybridized carbons (Fsp3) is 0.211. The number of amides is 1. The van der Waals surface area contributed by atoms with Gasteiger partial charge in [0.2, 0.25) is 0 Å². The van der Waals surface area contributed by atoms with Gasteiger partial charge < -0.3 is 26.4 Å². The molecule has 8 nitrogen and oxygen atoms in total. The second kappa shape index (κ2) is 9.35. The average molecular weight is 369 g/mol. The molecule has 0 fully saturated rings. The van der Waals surface area contributed by atoms with Crippen LogP contribution in [0.25, 0.3) is 0 Å². The molecule has 0 heterocycles. The van der Waals surface area contributed by atoms with Crippen molar-refractivity contribution < 1.29 is 14.3 Å². The highest BCUT2D eigenvalue weighted by atomic mass is 16.5. The molecular formula is C19H23N5O3. The second-order valence-electron chi connectivity index (χ2n) is 6.06. The number of aliphatic imine (C=N–C) groups is 1. The van der Waals surface area contributed by atoms with Crippen molar-refractivity contribution in [1.82, 2.24) is 10.2 Å². The fourth-order valence-electron chi connectivity index (χ4n) is 2.16. The van der Waals surface area contributed by atoms with E-state index >= 15 is 0 Å². The summed E-state index contributed by atoms with van der Waals surface area (Å²) in [6.45, 7) is 1.31. The van der Waals surface area contributed by atoms with Gasteiger partial charge in [-0.15, -0.1) is 0 Å². The number of carbonyl (C=O) groups is 2. The molecule has 1 amide bonds. The van der Waals surface area contributed by atoms with E-state index in [9.17, 15) is 9.59 Å². The van der Waals surface area contributed by atoms with Crippen molar-refractivity contribution in [3.8, 4) is 5.75 Å². The molecule has 0 saturated carbocycles. The minimum absolute atomic E-state index is 0.0591. The molecule has 0 radical (unpaired) electrons. The fourth-order valence-corrected chi connectivity index (χ4v) is 2.16. The summed E-state index contributed by atoms with van der Waals surface area (Å²) < 4.78 is 5.31. The van der Waals surface area contributed by atoms with Crippen molar-refractivity contribution in [2.24, 2.45) is 16.5 Å². The van der Waals surface area contributed by atoms with E-state index in [0.29, 0.717) is 29.1 Å². The van der Waals surface area contributed by atoms with Crippen LogP contribution in [-0.2, 0) is 0 Å². The summed E-state index contributed by atoms with van der Waals surface area (Å²) in [6, 6.07) is 12.7. The molecule has 0 aliphatic heterocycles. The number of nitrogens with zero attached hydrogens (tertiary/aromatic N) is 2. The van der Waals surface area contributed by atoms with Crippen LogP contribution in [0, 0.1) is 0 Å². The maximum atomic E-state index is 12.2. The van der Waals surface area contributed by atoms with Crippen molar-refractivity contribution in [1.29, 1.82) is 0 Å². The molecule has 5 N–H and O–H groups in total. The Hall–Kier alpha value is -3.39. The molecule has 0 bridgehead atoms. The Morgan fingerprint density at radius 3 is 2.15 bits per heavy atom. The average Bonchev–Trinajstić information content (AvgIpc) is 2.62. The first-order valence-electron chi connectivity index (χ1n) is 8.30. The molecule has 2 rings (SSSR count). The number of esters is 1. The zero-order valence-corrected chi connectivity index (χ0v) is 15.3. The lowest BCUT2D eigenvalue weighted by Crippen LogP contribution is -2.31. The maximum absolute atomic E-state index is 12.2. The van der Waals surface area contributed by atoms with E-state index in [-0.39, 0.29) is 11.9 Å². The minimum Gasteiger partial charge on any atom is -0.423 e. The highest BCUT2D eigenvalue weighted by Crippen LogP contribution is 2.17. The van der Waals surface area contributed by atoms with Crippen molar-refractivity contribution in [3.63, 3.8) is 0 Å². The van der Waals surface area contributed by atoms with Crippen molar-refractivity contribution in [3.05, 3.63) is 59.7 Å². The maximum Gasteiger partial charge on any atom is 0.343 e. The third-order valence-electron chi connectivity index (χ3n) is 3.53. The lowest BCUT2D eigenvalue weighted by atomic mass is 10.2. The van der Waals surface area contributed by atoms with Gasteiger partial charge >= 0.3 is 5.97 Å². The number of likely N-dealkylation sites (N-methyl/N-ethyl adjacent to an activating group) is 1.